The Bertz CT molecular complexity index is 1350. The first kappa shape index (κ1) is 22.1. The Balaban J connectivity index is 2.25. The average Bonchev–Trinajstić information content (AvgIpc) is 2.73. The minimum absolute atomic E-state index is 0.0324. The van der Waals surface area contributed by atoms with E-state index >= 15 is 0 Å². The van der Waals surface area contributed by atoms with Gasteiger partial charge in [-0.15, -0.1) is 0 Å². The van der Waals surface area contributed by atoms with Crippen LogP contribution in [0, 0.1) is 32.8 Å². The smallest absolute Gasteiger partial charge is 0.270 e. The normalized spacial score (nSPS) is 10.8. The van der Waals surface area contributed by atoms with Crippen LogP contribution in [-0.2, 0) is 5.41 Å². The van der Waals surface area contributed by atoms with Crippen molar-refractivity contribution in [3.05, 3.63) is 79.6 Å². The van der Waals surface area contributed by atoms with Crippen LogP contribution in [0.2, 0.25) is 0 Å². The number of H-pyrrole nitrogens is 1. The van der Waals surface area contributed by atoms with Gasteiger partial charge in [-0.1, -0.05) is 32.9 Å². The summed E-state index contributed by atoms with van der Waals surface area (Å²) in [5.74, 6) is 0.304. The molecule has 0 aliphatic rings. The fourth-order valence-corrected chi connectivity index (χ4v) is 3.18. The predicted molar refractivity (Wildman–Crippen MR) is 118 cm³/mol. The number of ether oxygens (including phenoxy) is 1. The lowest BCUT2D eigenvalue weighted by Crippen LogP contribution is -2.16. The number of aromatic amines is 1. The molecule has 0 radical (unpaired) electrons. The Morgan fingerprint density at radius 1 is 1.06 bits per heavy atom. The second kappa shape index (κ2) is 8.25. The van der Waals surface area contributed by atoms with E-state index in [1.54, 1.807) is 18.2 Å². The van der Waals surface area contributed by atoms with Crippen LogP contribution in [0.5, 0.6) is 11.5 Å². The van der Waals surface area contributed by atoms with E-state index in [0.717, 1.165) is 11.6 Å². The number of benzene rings is 2. The summed E-state index contributed by atoms with van der Waals surface area (Å²) in [5, 5.41) is 30.5. The standard InChI is InChI=1S/C23H19N5O4/c1-23(2,3)13-4-7-15(8-5-13)32-19-9-6-14(28(30)31)10-16(19)20-17(11-24)21(26)27-22(29)18(20)12-25/h4-10H,1-3H3,(H3,26,27,29). The highest BCUT2D eigenvalue weighted by molar-refractivity contribution is 5.84. The van der Waals surface area contributed by atoms with E-state index in [1.807, 2.05) is 18.2 Å². The Morgan fingerprint density at radius 3 is 2.22 bits per heavy atom. The number of non-ortho nitro benzene ring substituents is 1. The second-order valence-corrected chi connectivity index (χ2v) is 8.03. The number of hydrogen-bond acceptors (Lipinski definition) is 7. The number of rotatable bonds is 4. The number of nitrogens with two attached hydrogens (primary N) is 1. The molecule has 0 atom stereocenters. The largest absolute Gasteiger partial charge is 0.457 e. The van der Waals surface area contributed by atoms with Crippen LogP contribution in [0.15, 0.2) is 47.3 Å². The van der Waals surface area contributed by atoms with Gasteiger partial charge >= 0.3 is 0 Å². The fourth-order valence-electron chi connectivity index (χ4n) is 3.18. The number of nitrogens with one attached hydrogen (secondary N) is 1. The molecule has 0 spiro atoms. The molecule has 0 amide bonds. The van der Waals surface area contributed by atoms with Crippen molar-refractivity contribution in [2.45, 2.75) is 26.2 Å². The van der Waals surface area contributed by atoms with Crippen LogP contribution in [0.4, 0.5) is 11.5 Å². The van der Waals surface area contributed by atoms with Crippen LogP contribution in [0.1, 0.15) is 37.5 Å². The molecule has 3 aromatic rings. The molecular weight excluding hydrogens is 410 g/mol. The third-order valence-corrected chi connectivity index (χ3v) is 4.86. The van der Waals surface area contributed by atoms with Crippen molar-refractivity contribution in [1.29, 1.82) is 10.5 Å². The quantitative estimate of drug-likeness (QED) is 0.460. The van der Waals surface area contributed by atoms with Gasteiger partial charge in [0.05, 0.1) is 4.92 Å². The van der Waals surface area contributed by atoms with E-state index in [2.05, 4.69) is 25.8 Å². The molecule has 3 N–H and O–H groups in total. The minimum atomic E-state index is -0.814. The molecule has 1 heterocycles. The number of aromatic nitrogens is 1. The first-order chi connectivity index (χ1) is 15.1. The summed E-state index contributed by atoms with van der Waals surface area (Å²) >= 11 is 0. The van der Waals surface area contributed by atoms with Crippen LogP contribution < -0.4 is 16.0 Å². The molecule has 9 heteroatoms. The Labute approximate surface area is 183 Å². The average molecular weight is 429 g/mol. The van der Waals surface area contributed by atoms with Gasteiger partial charge in [0.1, 0.15) is 40.6 Å². The molecule has 3 rings (SSSR count). The first-order valence-electron chi connectivity index (χ1n) is 9.50. The van der Waals surface area contributed by atoms with Gasteiger partial charge in [0.2, 0.25) is 0 Å². The Kier molecular flexibility index (Phi) is 5.69. The lowest BCUT2D eigenvalue weighted by atomic mass is 9.87. The molecule has 0 unspecified atom stereocenters. The zero-order valence-corrected chi connectivity index (χ0v) is 17.6. The van der Waals surface area contributed by atoms with Gasteiger partial charge in [-0.3, -0.25) is 14.9 Å². The summed E-state index contributed by atoms with van der Waals surface area (Å²) in [6, 6.07) is 14.6. The molecular formula is C23H19N5O4. The lowest BCUT2D eigenvalue weighted by molar-refractivity contribution is -0.384. The number of hydrogen-bond donors (Lipinski definition) is 2. The number of nitro groups is 1. The maximum Gasteiger partial charge on any atom is 0.270 e. The summed E-state index contributed by atoms with van der Waals surface area (Å²) < 4.78 is 5.95. The van der Waals surface area contributed by atoms with Gasteiger partial charge < -0.3 is 15.5 Å². The highest BCUT2D eigenvalue weighted by atomic mass is 16.6. The van der Waals surface area contributed by atoms with Gasteiger partial charge in [0, 0.05) is 23.3 Å². The van der Waals surface area contributed by atoms with E-state index in [0.29, 0.717) is 5.75 Å². The Hall–Kier alpha value is -4.63. The van der Waals surface area contributed by atoms with E-state index in [-0.39, 0.29) is 39.4 Å². The number of anilines is 1. The maximum absolute atomic E-state index is 12.3. The molecule has 9 nitrogen and oxygen atoms in total. The number of nitrogen functional groups attached to an aromatic ring is 1. The van der Waals surface area contributed by atoms with Crippen LogP contribution in [0.25, 0.3) is 11.1 Å². The number of pyridine rings is 1. The third-order valence-electron chi connectivity index (χ3n) is 4.86. The molecule has 0 bridgehead atoms. The molecule has 160 valence electrons. The van der Waals surface area contributed by atoms with Crippen molar-refractivity contribution in [2.75, 3.05) is 5.73 Å². The van der Waals surface area contributed by atoms with Crippen molar-refractivity contribution >= 4 is 11.5 Å². The SMILES string of the molecule is CC(C)(C)c1ccc(Oc2ccc([N+](=O)[O-])cc2-c2c(C#N)c(N)[nH]c(=O)c2C#N)cc1. The predicted octanol–water partition coefficient (Wildman–Crippen LogP) is 4.37. The van der Waals surface area contributed by atoms with Gasteiger partial charge in [-0.2, -0.15) is 10.5 Å². The summed E-state index contributed by atoms with van der Waals surface area (Å²) in [4.78, 5) is 25.3. The van der Waals surface area contributed by atoms with Crippen LogP contribution >= 0.6 is 0 Å². The minimum Gasteiger partial charge on any atom is -0.457 e. The molecule has 0 saturated heterocycles. The third kappa shape index (κ3) is 4.13. The zero-order chi connectivity index (χ0) is 23.6. The van der Waals surface area contributed by atoms with Gasteiger partial charge in [-0.05, 0) is 29.2 Å². The van der Waals surface area contributed by atoms with Crippen LogP contribution in [-0.4, -0.2) is 9.91 Å². The van der Waals surface area contributed by atoms with Gasteiger partial charge in [0.25, 0.3) is 11.2 Å². The molecule has 0 aliphatic carbocycles. The summed E-state index contributed by atoms with van der Waals surface area (Å²) in [5.41, 5.74) is 5.01. The van der Waals surface area contributed by atoms with Gasteiger partial charge in [-0.25, -0.2) is 0 Å². The highest BCUT2D eigenvalue weighted by Gasteiger charge is 2.24. The maximum atomic E-state index is 12.3. The molecule has 32 heavy (non-hydrogen) atoms. The molecule has 2 aromatic carbocycles. The summed E-state index contributed by atoms with van der Waals surface area (Å²) in [6.45, 7) is 6.21. The summed E-state index contributed by atoms with van der Waals surface area (Å²) in [6.07, 6.45) is 0. The highest BCUT2D eigenvalue weighted by Crippen LogP contribution is 2.39. The van der Waals surface area contributed by atoms with Crippen molar-refractivity contribution in [1.82, 2.24) is 4.98 Å². The molecule has 0 fully saturated rings. The van der Waals surface area contributed by atoms with Crippen molar-refractivity contribution in [2.24, 2.45) is 0 Å². The monoisotopic (exact) mass is 429 g/mol. The zero-order valence-electron chi connectivity index (χ0n) is 17.6. The van der Waals surface area contributed by atoms with E-state index in [9.17, 15) is 25.4 Å². The topological polar surface area (TPSA) is 159 Å². The van der Waals surface area contributed by atoms with E-state index in [1.165, 1.54) is 12.1 Å². The number of nitrogens with zero attached hydrogens (tertiary/aromatic N) is 3. The van der Waals surface area contributed by atoms with Crippen LogP contribution in [0.3, 0.4) is 0 Å². The number of nitriles is 2. The number of nitro benzene ring substituents is 1. The molecule has 0 aliphatic heterocycles. The molecule has 0 saturated carbocycles. The van der Waals surface area contributed by atoms with Crippen molar-refractivity contribution < 1.29 is 9.66 Å². The van der Waals surface area contributed by atoms with Gasteiger partial charge in [0.15, 0.2) is 0 Å². The first-order valence-corrected chi connectivity index (χ1v) is 9.50. The van der Waals surface area contributed by atoms with Crippen molar-refractivity contribution in [3.8, 4) is 34.8 Å². The summed E-state index contributed by atoms with van der Waals surface area (Å²) in [7, 11) is 0. The molecule has 1 aromatic heterocycles. The second-order valence-electron chi connectivity index (χ2n) is 8.03. The Morgan fingerprint density at radius 2 is 1.69 bits per heavy atom. The lowest BCUT2D eigenvalue weighted by Gasteiger charge is -2.19. The van der Waals surface area contributed by atoms with E-state index in [4.69, 9.17) is 10.5 Å². The fraction of sp³-hybridized carbons (Fsp3) is 0.174. The van der Waals surface area contributed by atoms with E-state index < -0.39 is 16.0 Å². The van der Waals surface area contributed by atoms with Crippen molar-refractivity contribution in [3.63, 3.8) is 0 Å².